The lowest BCUT2D eigenvalue weighted by atomic mass is 10.2. The van der Waals surface area contributed by atoms with Crippen molar-refractivity contribution in [2.75, 3.05) is 7.11 Å². The minimum absolute atomic E-state index is 0.471. The first-order chi connectivity index (χ1) is 5.70. The molecule has 0 radical (unpaired) electrons. The van der Waals surface area contributed by atoms with Crippen molar-refractivity contribution in [2.45, 2.75) is 5.88 Å². The van der Waals surface area contributed by atoms with Gasteiger partial charge in [0.1, 0.15) is 5.75 Å². The van der Waals surface area contributed by atoms with E-state index < -0.39 is 0 Å². The number of ether oxygens (including phenoxy) is 1. The monoisotopic (exact) mass is 360 g/mol. The zero-order valence-corrected chi connectivity index (χ0v) is 10.9. The Bertz CT molecular complexity index is 291. The molecule has 0 N–H and O–H groups in total. The van der Waals surface area contributed by atoms with Gasteiger partial charge in [-0.3, -0.25) is 0 Å². The van der Waals surface area contributed by atoms with Crippen molar-refractivity contribution in [3.63, 3.8) is 0 Å². The van der Waals surface area contributed by atoms with E-state index in [0.717, 1.165) is 19.4 Å². The molecule has 0 heterocycles. The minimum atomic E-state index is 0.471. The summed E-state index contributed by atoms with van der Waals surface area (Å²) in [6.45, 7) is 0. The van der Waals surface area contributed by atoms with E-state index in [9.17, 15) is 0 Å². The van der Waals surface area contributed by atoms with Gasteiger partial charge in [-0.05, 0) is 44.6 Å². The molecule has 0 aliphatic heterocycles. The fraction of sp³-hybridized carbons (Fsp3) is 0.250. The Morgan fingerprint density at radius 2 is 2.25 bits per heavy atom. The van der Waals surface area contributed by atoms with Crippen LogP contribution in [0.1, 0.15) is 5.56 Å². The Morgan fingerprint density at radius 3 is 2.75 bits per heavy atom. The molecule has 0 spiro atoms. The zero-order valence-electron chi connectivity index (χ0n) is 6.40. The van der Waals surface area contributed by atoms with E-state index in [-0.39, 0.29) is 0 Å². The standard InChI is InChI=1S/C8H7BrClIO/c1-12-8-5(4-10)2-3-6(11)7(8)9/h2-3H,4H2,1H3. The molecule has 4 heteroatoms. The third-order valence-electron chi connectivity index (χ3n) is 1.48. The fourth-order valence-electron chi connectivity index (χ4n) is 0.898. The quantitative estimate of drug-likeness (QED) is 0.575. The Balaban J connectivity index is 3.25. The van der Waals surface area contributed by atoms with Crippen molar-refractivity contribution in [2.24, 2.45) is 0 Å². The number of alkyl halides is 1. The van der Waals surface area contributed by atoms with Crippen LogP contribution in [0.25, 0.3) is 0 Å². The Kier molecular flexibility index (Phi) is 4.13. The first kappa shape index (κ1) is 10.6. The molecule has 1 aromatic rings. The van der Waals surface area contributed by atoms with E-state index in [2.05, 4.69) is 38.5 Å². The van der Waals surface area contributed by atoms with Gasteiger partial charge in [-0.25, -0.2) is 0 Å². The molecule has 0 bridgehead atoms. The van der Waals surface area contributed by atoms with Crippen molar-refractivity contribution < 1.29 is 4.74 Å². The average molecular weight is 361 g/mol. The molecule has 12 heavy (non-hydrogen) atoms. The second kappa shape index (κ2) is 4.67. The lowest BCUT2D eigenvalue weighted by Crippen LogP contribution is -1.92. The summed E-state index contributed by atoms with van der Waals surface area (Å²) >= 11 is 11.4. The lowest BCUT2D eigenvalue weighted by molar-refractivity contribution is 0.408. The third-order valence-corrected chi connectivity index (χ3v) is 4.20. The summed E-state index contributed by atoms with van der Waals surface area (Å²) < 4.78 is 7.31. The van der Waals surface area contributed by atoms with E-state index in [1.54, 1.807) is 7.11 Å². The van der Waals surface area contributed by atoms with E-state index in [4.69, 9.17) is 16.3 Å². The predicted molar refractivity (Wildman–Crippen MR) is 63.0 cm³/mol. The molecular weight excluding hydrogens is 354 g/mol. The SMILES string of the molecule is COc1c(CCl)ccc(I)c1Br. The summed E-state index contributed by atoms with van der Waals surface area (Å²) in [5.74, 6) is 1.30. The summed E-state index contributed by atoms with van der Waals surface area (Å²) in [7, 11) is 1.65. The van der Waals surface area contributed by atoms with Crippen molar-refractivity contribution >= 4 is 50.1 Å². The van der Waals surface area contributed by atoms with Crippen LogP contribution in [-0.4, -0.2) is 7.11 Å². The molecule has 0 aliphatic carbocycles. The van der Waals surface area contributed by atoms with Gasteiger partial charge in [-0.2, -0.15) is 0 Å². The number of hydrogen-bond acceptors (Lipinski definition) is 1. The number of methoxy groups -OCH3 is 1. The van der Waals surface area contributed by atoms with Crippen LogP contribution in [0.4, 0.5) is 0 Å². The van der Waals surface area contributed by atoms with Crippen LogP contribution >= 0.6 is 50.1 Å². The highest BCUT2D eigenvalue weighted by molar-refractivity contribution is 14.1. The fourth-order valence-corrected chi connectivity index (χ4v) is 2.08. The molecule has 0 fully saturated rings. The molecule has 0 amide bonds. The number of halogens is 3. The molecule has 0 saturated heterocycles. The van der Waals surface area contributed by atoms with E-state index in [0.29, 0.717) is 5.88 Å². The third kappa shape index (κ3) is 2.06. The number of hydrogen-bond donors (Lipinski definition) is 0. The van der Waals surface area contributed by atoms with Gasteiger partial charge in [-0.1, -0.05) is 6.07 Å². The molecule has 0 aliphatic rings. The maximum atomic E-state index is 5.73. The van der Waals surface area contributed by atoms with Gasteiger partial charge in [-0.15, -0.1) is 11.6 Å². The predicted octanol–water partition coefficient (Wildman–Crippen LogP) is 3.80. The second-order valence-electron chi connectivity index (χ2n) is 2.19. The van der Waals surface area contributed by atoms with Gasteiger partial charge in [0.2, 0.25) is 0 Å². The van der Waals surface area contributed by atoms with Crippen molar-refractivity contribution in [3.05, 3.63) is 25.7 Å². The summed E-state index contributed by atoms with van der Waals surface area (Å²) in [5, 5.41) is 0. The highest BCUT2D eigenvalue weighted by Crippen LogP contribution is 2.33. The summed E-state index contributed by atoms with van der Waals surface area (Å²) in [4.78, 5) is 0. The molecule has 1 nitrogen and oxygen atoms in total. The molecule has 0 atom stereocenters. The largest absolute Gasteiger partial charge is 0.495 e. The number of rotatable bonds is 2. The van der Waals surface area contributed by atoms with Gasteiger partial charge in [0.15, 0.2) is 0 Å². The smallest absolute Gasteiger partial charge is 0.138 e. The van der Waals surface area contributed by atoms with Crippen LogP contribution in [-0.2, 0) is 5.88 Å². The maximum Gasteiger partial charge on any atom is 0.138 e. The summed E-state index contributed by atoms with van der Waals surface area (Å²) in [6, 6.07) is 3.98. The van der Waals surface area contributed by atoms with Gasteiger partial charge < -0.3 is 4.74 Å². The van der Waals surface area contributed by atoms with Crippen LogP contribution < -0.4 is 4.74 Å². The van der Waals surface area contributed by atoms with Crippen LogP contribution in [0.5, 0.6) is 5.75 Å². The summed E-state index contributed by atoms with van der Waals surface area (Å²) in [5.41, 5.74) is 1.01. The normalized spacial score (nSPS) is 10.0. The van der Waals surface area contributed by atoms with Crippen molar-refractivity contribution in [1.82, 2.24) is 0 Å². The van der Waals surface area contributed by atoms with Crippen molar-refractivity contribution in [3.8, 4) is 5.75 Å². The van der Waals surface area contributed by atoms with Crippen LogP contribution in [0, 0.1) is 3.57 Å². The Labute approximate surface area is 98.7 Å². The van der Waals surface area contributed by atoms with Crippen LogP contribution in [0.2, 0.25) is 0 Å². The molecule has 0 aromatic heterocycles. The van der Waals surface area contributed by atoms with E-state index in [1.165, 1.54) is 0 Å². The van der Waals surface area contributed by atoms with Gasteiger partial charge in [0.05, 0.1) is 17.5 Å². The van der Waals surface area contributed by atoms with Gasteiger partial charge in [0.25, 0.3) is 0 Å². The van der Waals surface area contributed by atoms with E-state index in [1.807, 2.05) is 12.1 Å². The van der Waals surface area contributed by atoms with Crippen molar-refractivity contribution in [1.29, 1.82) is 0 Å². The van der Waals surface area contributed by atoms with Gasteiger partial charge in [0, 0.05) is 9.13 Å². The molecule has 1 rings (SSSR count). The average Bonchev–Trinajstić information content (AvgIpc) is 2.09. The second-order valence-corrected chi connectivity index (χ2v) is 4.41. The molecule has 1 aromatic carbocycles. The van der Waals surface area contributed by atoms with E-state index >= 15 is 0 Å². The highest BCUT2D eigenvalue weighted by Gasteiger charge is 2.08. The lowest BCUT2D eigenvalue weighted by Gasteiger charge is -2.08. The number of benzene rings is 1. The maximum absolute atomic E-state index is 5.73. The highest BCUT2D eigenvalue weighted by atomic mass is 127. The zero-order chi connectivity index (χ0) is 9.14. The summed E-state index contributed by atoms with van der Waals surface area (Å²) in [6.07, 6.45) is 0. The van der Waals surface area contributed by atoms with Crippen LogP contribution in [0.3, 0.4) is 0 Å². The Hall–Kier alpha value is 0.520. The topological polar surface area (TPSA) is 9.23 Å². The molecule has 0 unspecified atom stereocenters. The first-order valence-electron chi connectivity index (χ1n) is 3.27. The van der Waals surface area contributed by atoms with Gasteiger partial charge >= 0.3 is 0 Å². The minimum Gasteiger partial charge on any atom is -0.495 e. The molecule has 66 valence electrons. The Morgan fingerprint density at radius 1 is 1.58 bits per heavy atom. The first-order valence-corrected chi connectivity index (χ1v) is 5.68. The van der Waals surface area contributed by atoms with Crippen LogP contribution in [0.15, 0.2) is 16.6 Å². The molecule has 0 saturated carbocycles. The molecular formula is C8H7BrClIO.